The van der Waals surface area contributed by atoms with E-state index >= 15 is 0 Å². The van der Waals surface area contributed by atoms with Crippen LogP contribution in [0, 0.1) is 6.92 Å². The number of methoxy groups -OCH3 is 1. The Bertz CT molecular complexity index is 1130. The van der Waals surface area contributed by atoms with Crippen LogP contribution in [0.4, 0.5) is 5.69 Å². The number of benzene rings is 2. The Morgan fingerprint density at radius 2 is 1.86 bits per heavy atom. The van der Waals surface area contributed by atoms with Crippen LogP contribution in [0.3, 0.4) is 0 Å². The number of carbonyl (C=O) groups is 1. The topological polar surface area (TPSA) is 95.2 Å². The van der Waals surface area contributed by atoms with Crippen molar-refractivity contribution in [2.45, 2.75) is 20.4 Å². The van der Waals surface area contributed by atoms with E-state index in [0.717, 1.165) is 20.4 Å². The van der Waals surface area contributed by atoms with Crippen LogP contribution < -0.4 is 21.3 Å². The normalized spacial score (nSPS) is 10.5. The summed E-state index contributed by atoms with van der Waals surface area (Å²) in [5, 5.41) is 6.69. The SMILES string of the molecule is COc1nn(-c2cccc(NC(C)=O)c2)c(=O)n(Cc2ccc(C)cc2)c1=O. The molecule has 2 aromatic carbocycles. The molecule has 0 atom stereocenters. The fourth-order valence-corrected chi connectivity index (χ4v) is 2.72. The van der Waals surface area contributed by atoms with Gasteiger partial charge in [0.2, 0.25) is 5.91 Å². The summed E-state index contributed by atoms with van der Waals surface area (Å²) in [6, 6.07) is 14.1. The lowest BCUT2D eigenvalue weighted by molar-refractivity contribution is -0.114. The molecule has 28 heavy (non-hydrogen) atoms. The summed E-state index contributed by atoms with van der Waals surface area (Å²) in [6.07, 6.45) is 0. The third-order valence-electron chi connectivity index (χ3n) is 4.10. The van der Waals surface area contributed by atoms with Crippen LogP contribution >= 0.6 is 0 Å². The zero-order valence-electron chi connectivity index (χ0n) is 15.8. The second kappa shape index (κ2) is 7.91. The predicted molar refractivity (Wildman–Crippen MR) is 105 cm³/mol. The number of carbonyl (C=O) groups excluding carboxylic acids is 1. The molecule has 1 amide bonds. The third-order valence-corrected chi connectivity index (χ3v) is 4.10. The van der Waals surface area contributed by atoms with Crippen molar-refractivity contribution >= 4 is 11.6 Å². The fraction of sp³-hybridized carbons (Fsp3) is 0.200. The molecule has 0 saturated heterocycles. The molecule has 3 aromatic rings. The fourth-order valence-electron chi connectivity index (χ4n) is 2.72. The first-order valence-corrected chi connectivity index (χ1v) is 8.61. The minimum absolute atomic E-state index is 0.0855. The van der Waals surface area contributed by atoms with Gasteiger partial charge in [-0.1, -0.05) is 35.9 Å². The lowest BCUT2D eigenvalue weighted by Gasteiger charge is -2.12. The molecule has 0 spiro atoms. The molecular formula is C20H20N4O4. The first-order valence-electron chi connectivity index (χ1n) is 8.61. The number of amides is 1. The minimum atomic E-state index is -0.609. The van der Waals surface area contributed by atoms with E-state index in [1.807, 2.05) is 31.2 Å². The highest BCUT2D eigenvalue weighted by molar-refractivity contribution is 5.88. The van der Waals surface area contributed by atoms with Gasteiger partial charge in [0.05, 0.1) is 19.3 Å². The van der Waals surface area contributed by atoms with Crippen LogP contribution in [-0.4, -0.2) is 27.4 Å². The van der Waals surface area contributed by atoms with Crippen molar-refractivity contribution in [1.82, 2.24) is 14.3 Å². The average molecular weight is 380 g/mol. The van der Waals surface area contributed by atoms with Crippen LogP contribution in [0.15, 0.2) is 58.1 Å². The highest BCUT2D eigenvalue weighted by Gasteiger charge is 2.15. The first-order chi connectivity index (χ1) is 13.4. The molecule has 8 heteroatoms. The van der Waals surface area contributed by atoms with Crippen LogP contribution in [0.25, 0.3) is 5.69 Å². The number of aryl methyl sites for hydroxylation is 1. The molecule has 0 radical (unpaired) electrons. The maximum atomic E-state index is 13.0. The van der Waals surface area contributed by atoms with E-state index in [2.05, 4.69) is 10.4 Å². The predicted octanol–water partition coefficient (Wildman–Crippen LogP) is 1.72. The Labute approximate surface area is 161 Å². The number of hydrogen-bond acceptors (Lipinski definition) is 5. The van der Waals surface area contributed by atoms with Gasteiger partial charge in [-0.05, 0) is 30.7 Å². The van der Waals surface area contributed by atoms with E-state index in [1.54, 1.807) is 24.3 Å². The van der Waals surface area contributed by atoms with Gasteiger partial charge in [0, 0.05) is 12.6 Å². The number of aromatic nitrogens is 3. The average Bonchev–Trinajstić information content (AvgIpc) is 2.66. The van der Waals surface area contributed by atoms with Gasteiger partial charge < -0.3 is 10.1 Å². The Morgan fingerprint density at radius 1 is 1.14 bits per heavy atom. The Morgan fingerprint density at radius 3 is 2.50 bits per heavy atom. The number of ether oxygens (including phenoxy) is 1. The third kappa shape index (κ3) is 4.01. The molecule has 0 aliphatic rings. The van der Waals surface area contributed by atoms with Gasteiger partial charge in [0.15, 0.2) is 0 Å². The summed E-state index contributed by atoms with van der Waals surface area (Å²) in [6.45, 7) is 3.44. The monoisotopic (exact) mass is 380 g/mol. The lowest BCUT2D eigenvalue weighted by atomic mass is 10.1. The Hall–Kier alpha value is -3.68. The van der Waals surface area contributed by atoms with E-state index in [1.165, 1.54) is 14.0 Å². The summed E-state index contributed by atoms with van der Waals surface area (Å²) >= 11 is 0. The van der Waals surface area contributed by atoms with Crippen LogP contribution in [-0.2, 0) is 11.3 Å². The van der Waals surface area contributed by atoms with Crippen molar-refractivity contribution < 1.29 is 9.53 Å². The largest absolute Gasteiger partial charge is 0.476 e. The van der Waals surface area contributed by atoms with E-state index in [0.29, 0.717) is 11.4 Å². The smallest absolute Gasteiger partial charge is 0.352 e. The maximum absolute atomic E-state index is 13.0. The molecule has 8 nitrogen and oxygen atoms in total. The van der Waals surface area contributed by atoms with Crippen molar-refractivity contribution in [2.75, 3.05) is 12.4 Å². The van der Waals surface area contributed by atoms with Crippen LogP contribution in [0.5, 0.6) is 5.88 Å². The van der Waals surface area contributed by atoms with Gasteiger partial charge in [0.1, 0.15) is 0 Å². The molecule has 0 aliphatic heterocycles. The summed E-state index contributed by atoms with van der Waals surface area (Å²) < 4.78 is 7.23. The van der Waals surface area contributed by atoms with Crippen molar-refractivity contribution in [3.8, 4) is 11.6 Å². The molecular weight excluding hydrogens is 360 g/mol. The maximum Gasteiger partial charge on any atom is 0.352 e. The Balaban J connectivity index is 2.12. The van der Waals surface area contributed by atoms with Gasteiger partial charge in [-0.2, -0.15) is 4.68 Å². The first kappa shape index (κ1) is 19.1. The van der Waals surface area contributed by atoms with E-state index in [-0.39, 0.29) is 18.3 Å². The van der Waals surface area contributed by atoms with Crippen LogP contribution in [0.1, 0.15) is 18.1 Å². The molecule has 0 fully saturated rings. The molecule has 0 bridgehead atoms. The zero-order chi connectivity index (χ0) is 20.3. The van der Waals surface area contributed by atoms with Gasteiger partial charge in [-0.25, -0.2) is 9.36 Å². The molecule has 1 aromatic heterocycles. The van der Waals surface area contributed by atoms with E-state index in [4.69, 9.17) is 4.74 Å². The van der Waals surface area contributed by atoms with E-state index in [9.17, 15) is 14.4 Å². The van der Waals surface area contributed by atoms with Crippen molar-refractivity contribution in [3.05, 3.63) is 80.5 Å². The van der Waals surface area contributed by atoms with Gasteiger partial charge in [-0.3, -0.25) is 9.59 Å². The molecule has 144 valence electrons. The number of rotatable bonds is 5. The molecule has 0 aliphatic carbocycles. The van der Waals surface area contributed by atoms with E-state index < -0.39 is 11.2 Å². The van der Waals surface area contributed by atoms with Crippen molar-refractivity contribution in [2.24, 2.45) is 0 Å². The highest BCUT2D eigenvalue weighted by atomic mass is 16.5. The van der Waals surface area contributed by atoms with Gasteiger partial charge >= 0.3 is 11.2 Å². The number of hydrogen-bond donors (Lipinski definition) is 1. The number of anilines is 1. The Kier molecular flexibility index (Phi) is 5.39. The van der Waals surface area contributed by atoms with Gasteiger partial charge in [-0.15, -0.1) is 5.10 Å². The second-order valence-electron chi connectivity index (χ2n) is 6.31. The summed E-state index contributed by atoms with van der Waals surface area (Å²) in [5.74, 6) is -0.434. The molecule has 1 heterocycles. The minimum Gasteiger partial charge on any atom is -0.476 e. The summed E-state index contributed by atoms with van der Waals surface area (Å²) in [7, 11) is 1.32. The lowest BCUT2D eigenvalue weighted by Crippen LogP contribution is -2.41. The highest BCUT2D eigenvalue weighted by Crippen LogP contribution is 2.13. The molecule has 0 unspecified atom stereocenters. The van der Waals surface area contributed by atoms with Crippen LogP contribution in [0.2, 0.25) is 0 Å². The molecule has 3 rings (SSSR count). The quantitative estimate of drug-likeness (QED) is 0.727. The van der Waals surface area contributed by atoms with Gasteiger partial charge in [0.25, 0.3) is 5.88 Å². The number of nitrogens with one attached hydrogen (secondary N) is 1. The zero-order valence-corrected chi connectivity index (χ0v) is 15.8. The standard InChI is InChI=1S/C20H20N4O4/c1-13-7-9-15(10-8-13)12-23-19(26)18(28-3)22-24(20(23)27)17-6-4-5-16(11-17)21-14(2)25/h4-11H,12H2,1-3H3,(H,21,25). The summed E-state index contributed by atoms with van der Waals surface area (Å²) in [4.78, 5) is 36.9. The molecule has 0 saturated carbocycles. The van der Waals surface area contributed by atoms with Crippen molar-refractivity contribution in [1.29, 1.82) is 0 Å². The number of nitrogens with zero attached hydrogens (tertiary/aromatic N) is 3. The van der Waals surface area contributed by atoms with Crippen molar-refractivity contribution in [3.63, 3.8) is 0 Å². The molecule has 1 N–H and O–H groups in total. The summed E-state index contributed by atoms with van der Waals surface area (Å²) in [5.41, 5.74) is 1.57. The second-order valence-corrected chi connectivity index (χ2v) is 6.31.